The number of carbonyl (C=O) groups excluding carboxylic acids is 2. The molecule has 0 unspecified atom stereocenters. The number of rotatable bonds is 5. The zero-order valence-corrected chi connectivity index (χ0v) is 7.17. The Morgan fingerprint density at radius 1 is 1.67 bits per heavy atom. The number of allylic oxidation sites excluding steroid dienone is 1. The Morgan fingerprint density at radius 3 is 2.58 bits per heavy atom. The minimum Gasteiger partial charge on any atom is -0.368 e. The van der Waals surface area contributed by atoms with Crippen molar-refractivity contribution in [2.45, 2.75) is 25.8 Å². The summed E-state index contributed by atoms with van der Waals surface area (Å²) in [7, 11) is 0. The Bertz CT molecular complexity index is 189. The van der Waals surface area contributed by atoms with Gasteiger partial charge in [-0.25, -0.2) is 0 Å². The largest absolute Gasteiger partial charge is 0.368 e. The highest BCUT2D eigenvalue weighted by Gasteiger charge is 2.14. The molecular formula is C8H14N2O2. The number of nitrogens with two attached hydrogens (primary N) is 1. The summed E-state index contributed by atoms with van der Waals surface area (Å²) in [5, 5.41) is 2.45. The highest BCUT2D eigenvalue weighted by atomic mass is 16.2. The van der Waals surface area contributed by atoms with Gasteiger partial charge in [0.15, 0.2) is 0 Å². The zero-order valence-electron chi connectivity index (χ0n) is 7.17. The van der Waals surface area contributed by atoms with Gasteiger partial charge in [0.25, 0.3) is 0 Å². The lowest BCUT2D eigenvalue weighted by Crippen LogP contribution is -2.43. The molecule has 0 aliphatic carbocycles. The first-order valence-corrected chi connectivity index (χ1v) is 3.75. The average molecular weight is 170 g/mol. The van der Waals surface area contributed by atoms with Crippen LogP contribution in [0.4, 0.5) is 0 Å². The van der Waals surface area contributed by atoms with Crippen molar-refractivity contribution in [2.75, 3.05) is 0 Å². The Morgan fingerprint density at radius 2 is 2.25 bits per heavy atom. The number of primary amides is 1. The fourth-order valence-corrected chi connectivity index (χ4v) is 0.815. The van der Waals surface area contributed by atoms with Gasteiger partial charge in [-0.05, 0) is 12.8 Å². The number of hydrogen-bond acceptors (Lipinski definition) is 2. The van der Waals surface area contributed by atoms with E-state index in [1.807, 2.05) is 0 Å². The third kappa shape index (κ3) is 4.49. The van der Waals surface area contributed by atoms with Crippen LogP contribution in [0.15, 0.2) is 12.7 Å². The Hall–Kier alpha value is -1.32. The molecule has 4 heteroatoms. The normalized spacial score (nSPS) is 11.8. The maximum atomic E-state index is 10.7. The quantitative estimate of drug-likeness (QED) is 0.567. The summed E-state index contributed by atoms with van der Waals surface area (Å²) < 4.78 is 0. The molecule has 0 saturated carbocycles. The van der Waals surface area contributed by atoms with Gasteiger partial charge >= 0.3 is 0 Å². The second kappa shape index (κ2) is 5.35. The molecular weight excluding hydrogens is 156 g/mol. The average Bonchev–Trinajstić information content (AvgIpc) is 1.96. The maximum absolute atomic E-state index is 10.7. The Kier molecular flexibility index (Phi) is 4.76. The van der Waals surface area contributed by atoms with Crippen LogP contribution in [0.2, 0.25) is 0 Å². The predicted octanol–water partition coefficient (Wildman–Crippen LogP) is -0.0574. The number of amides is 2. The third-order valence-corrected chi connectivity index (χ3v) is 1.38. The molecule has 0 aliphatic rings. The standard InChI is InChI=1S/C8H14N2O2/c1-3-4-5-7(8(9)12)10-6(2)11/h3,7H,1,4-5H2,2H3,(H2,9,12)(H,10,11)/t7-/m1/s1. The molecule has 12 heavy (non-hydrogen) atoms. The van der Waals surface area contributed by atoms with E-state index in [-0.39, 0.29) is 5.91 Å². The van der Waals surface area contributed by atoms with Crippen molar-refractivity contribution in [3.05, 3.63) is 12.7 Å². The van der Waals surface area contributed by atoms with E-state index >= 15 is 0 Å². The van der Waals surface area contributed by atoms with E-state index in [2.05, 4.69) is 11.9 Å². The molecule has 0 saturated heterocycles. The maximum Gasteiger partial charge on any atom is 0.240 e. The van der Waals surface area contributed by atoms with Crippen LogP contribution in [0.5, 0.6) is 0 Å². The lowest BCUT2D eigenvalue weighted by molar-refractivity contribution is -0.126. The summed E-state index contributed by atoms with van der Waals surface area (Å²) in [6, 6.07) is -0.569. The van der Waals surface area contributed by atoms with E-state index < -0.39 is 11.9 Å². The van der Waals surface area contributed by atoms with E-state index in [9.17, 15) is 9.59 Å². The molecule has 0 rings (SSSR count). The lowest BCUT2D eigenvalue weighted by Gasteiger charge is -2.12. The number of nitrogens with one attached hydrogen (secondary N) is 1. The molecule has 0 bridgehead atoms. The second-order valence-electron chi connectivity index (χ2n) is 2.52. The van der Waals surface area contributed by atoms with Crippen LogP contribution in [0.3, 0.4) is 0 Å². The Balaban J connectivity index is 3.94. The molecule has 0 radical (unpaired) electrons. The molecule has 0 aromatic heterocycles. The second-order valence-corrected chi connectivity index (χ2v) is 2.52. The summed E-state index contributed by atoms with van der Waals surface area (Å²) in [4.78, 5) is 21.3. The molecule has 0 spiro atoms. The molecule has 3 N–H and O–H groups in total. The fraction of sp³-hybridized carbons (Fsp3) is 0.500. The molecule has 1 atom stereocenters. The topological polar surface area (TPSA) is 72.2 Å². The van der Waals surface area contributed by atoms with E-state index in [1.54, 1.807) is 6.08 Å². The van der Waals surface area contributed by atoms with Crippen molar-refractivity contribution in [1.82, 2.24) is 5.32 Å². The summed E-state index contributed by atoms with van der Waals surface area (Å²) in [5.74, 6) is -0.755. The van der Waals surface area contributed by atoms with E-state index in [0.717, 1.165) is 0 Å². The minimum atomic E-state index is -0.569. The summed E-state index contributed by atoms with van der Waals surface area (Å²) >= 11 is 0. The van der Waals surface area contributed by atoms with Gasteiger partial charge in [-0.1, -0.05) is 6.08 Å². The van der Waals surface area contributed by atoms with Gasteiger partial charge in [-0.3, -0.25) is 9.59 Å². The molecule has 0 aromatic carbocycles. The van der Waals surface area contributed by atoms with Crippen LogP contribution in [-0.2, 0) is 9.59 Å². The molecule has 0 fully saturated rings. The highest BCUT2D eigenvalue weighted by molar-refractivity contribution is 5.85. The molecule has 2 amide bonds. The van der Waals surface area contributed by atoms with Crippen LogP contribution in [-0.4, -0.2) is 17.9 Å². The molecule has 68 valence electrons. The summed E-state index contributed by atoms with van der Waals surface area (Å²) in [6.45, 7) is 4.86. The van der Waals surface area contributed by atoms with E-state index in [4.69, 9.17) is 5.73 Å². The van der Waals surface area contributed by atoms with Gasteiger partial charge in [0.05, 0.1) is 0 Å². The fourth-order valence-electron chi connectivity index (χ4n) is 0.815. The van der Waals surface area contributed by atoms with E-state index in [1.165, 1.54) is 6.92 Å². The first-order valence-electron chi connectivity index (χ1n) is 3.75. The van der Waals surface area contributed by atoms with Crippen LogP contribution < -0.4 is 11.1 Å². The third-order valence-electron chi connectivity index (χ3n) is 1.38. The first-order chi connectivity index (χ1) is 5.57. The van der Waals surface area contributed by atoms with Gasteiger partial charge < -0.3 is 11.1 Å². The predicted molar refractivity (Wildman–Crippen MR) is 46.2 cm³/mol. The van der Waals surface area contributed by atoms with Gasteiger partial charge in [0.1, 0.15) is 6.04 Å². The lowest BCUT2D eigenvalue weighted by atomic mass is 10.1. The van der Waals surface area contributed by atoms with Gasteiger partial charge in [0, 0.05) is 6.92 Å². The van der Waals surface area contributed by atoms with Crippen molar-refractivity contribution in [1.29, 1.82) is 0 Å². The van der Waals surface area contributed by atoms with Crippen molar-refractivity contribution in [3.63, 3.8) is 0 Å². The van der Waals surface area contributed by atoms with Crippen molar-refractivity contribution < 1.29 is 9.59 Å². The van der Waals surface area contributed by atoms with Crippen molar-refractivity contribution in [3.8, 4) is 0 Å². The monoisotopic (exact) mass is 170 g/mol. The number of hydrogen-bond donors (Lipinski definition) is 2. The molecule has 4 nitrogen and oxygen atoms in total. The van der Waals surface area contributed by atoms with Gasteiger partial charge in [-0.2, -0.15) is 0 Å². The summed E-state index contributed by atoms with van der Waals surface area (Å²) in [5.41, 5.74) is 5.04. The SMILES string of the molecule is C=CCC[C@@H](NC(C)=O)C(N)=O. The Labute approximate surface area is 71.8 Å². The minimum absolute atomic E-state index is 0.247. The van der Waals surface area contributed by atoms with Gasteiger partial charge in [-0.15, -0.1) is 6.58 Å². The summed E-state index contributed by atoms with van der Waals surface area (Å²) in [6.07, 6.45) is 2.85. The van der Waals surface area contributed by atoms with Crippen molar-refractivity contribution in [2.24, 2.45) is 5.73 Å². The first kappa shape index (κ1) is 10.7. The smallest absolute Gasteiger partial charge is 0.240 e. The van der Waals surface area contributed by atoms with Crippen LogP contribution in [0.25, 0.3) is 0 Å². The van der Waals surface area contributed by atoms with Gasteiger partial charge in [0.2, 0.25) is 11.8 Å². The van der Waals surface area contributed by atoms with Crippen LogP contribution in [0.1, 0.15) is 19.8 Å². The molecule has 0 heterocycles. The molecule has 0 aromatic rings. The van der Waals surface area contributed by atoms with Crippen LogP contribution in [0, 0.1) is 0 Å². The zero-order chi connectivity index (χ0) is 9.56. The van der Waals surface area contributed by atoms with E-state index in [0.29, 0.717) is 12.8 Å². The highest BCUT2D eigenvalue weighted by Crippen LogP contribution is 1.96. The number of carbonyl (C=O) groups is 2. The molecule has 0 aliphatic heterocycles. The van der Waals surface area contributed by atoms with Crippen LogP contribution >= 0.6 is 0 Å². The van der Waals surface area contributed by atoms with Crippen molar-refractivity contribution >= 4 is 11.8 Å².